The molecule has 1 N–H and O–H groups in total. The fourth-order valence-electron chi connectivity index (χ4n) is 2.58. The van der Waals surface area contributed by atoms with Gasteiger partial charge in [-0.3, -0.25) is 9.69 Å². The third kappa shape index (κ3) is 3.10. The molecule has 3 atom stereocenters. The quantitative estimate of drug-likeness (QED) is 0.770. The van der Waals surface area contributed by atoms with Crippen LogP contribution >= 0.6 is 0 Å². The van der Waals surface area contributed by atoms with Crippen LogP contribution < -0.4 is 0 Å². The molecule has 0 spiro atoms. The smallest absolute Gasteiger partial charge is 0.410 e. The summed E-state index contributed by atoms with van der Waals surface area (Å²) in [4.78, 5) is 24.7. The molecule has 1 aliphatic heterocycles. The minimum absolute atomic E-state index is 0.0133. The molecule has 1 rings (SSSR count). The van der Waals surface area contributed by atoms with Crippen molar-refractivity contribution in [3.63, 3.8) is 0 Å². The van der Waals surface area contributed by atoms with Gasteiger partial charge in [0.25, 0.3) is 0 Å². The van der Waals surface area contributed by atoms with Gasteiger partial charge in [-0.05, 0) is 25.7 Å². The van der Waals surface area contributed by atoms with Crippen molar-refractivity contribution in [2.75, 3.05) is 13.7 Å². The van der Waals surface area contributed by atoms with Gasteiger partial charge in [-0.15, -0.1) is 6.58 Å². The number of aliphatic hydroxyl groups is 1. The fraction of sp³-hybridized carbons (Fsp3) is 0.692. The number of likely N-dealkylation sites (tertiary alicyclic amines) is 1. The van der Waals surface area contributed by atoms with Crippen LogP contribution in [0.5, 0.6) is 0 Å². The van der Waals surface area contributed by atoms with Crippen LogP contribution in [0.4, 0.5) is 4.79 Å². The van der Waals surface area contributed by atoms with Gasteiger partial charge in [0.15, 0.2) is 0 Å². The van der Waals surface area contributed by atoms with Gasteiger partial charge in [-0.2, -0.15) is 0 Å². The predicted molar refractivity (Wildman–Crippen MR) is 67.1 cm³/mol. The van der Waals surface area contributed by atoms with Gasteiger partial charge in [0.05, 0.1) is 19.8 Å². The Morgan fingerprint density at radius 1 is 1.50 bits per heavy atom. The lowest BCUT2D eigenvalue weighted by molar-refractivity contribution is -0.119. The Labute approximate surface area is 107 Å². The minimum atomic E-state index is -0.494. The van der Waals surface area contributed by atoms with Gasteiger partial charge < -0.3 is 9.84 Å². The van der Waals surface area contributed by atoms with Crippen molar-refractivity contribution < 1.29 is 19.4 Å². The zero-order valence-electron chi connectivity index (χ0n) is 11.0. The van der Waals surface area contributed by atoms with Crippen LogP contribution in [0.1, 0.15) is 26.2 Å². The average Bonchev–Trinajstić information content (AvgIpc) is 2.36. The van der Waals surface area contributed by atoms with Crippen molar-refractivity contribution in [3.05, 3.63) is 12.7 Å². The SMILES string of the molecule is C=C[C@@H]1CC[C@@H](CO)N(C(=O)OC)[C@H]1CC(C)=O. The van der Waals surface area contributed by atoms with Crippen molar-refractivity contribution in [1.29, 1.82) is 0 Å². The van der Waals surface area contributed by atoms with Crippen LogP contribution in [0.25, 0.3) is 0 Å². The lowest BCUT2D eigenvalue weighted by Gasteiger charge is -2.43. The number of ether oxygens (including phenoxy) is 1. The van der Waals surface area contributed by atoms with Gasteiger partial charge in [0.2, 0.25) is 0 Å². The van der Waals surface area contributed by atoms with Crippen LogP contribution in [0, 0.1) is 5.92 Å². The second-order valence-corrected chi connectivity index (χ2v) is 4.66. The average molecular weight is 255 g/mol. The molecule has 1 aliphatic rings. The molecule has 0 aromatic heterocycles. The van der Waals surface area contributed by atoms with E-state index in [0.717, 1.165) is 6.42 Å². The van der Waals surface area contributed by atoms with E-state index in [1.807, 2.05) is 0 Å². The molecule has 0 aromatic carbocycles. The molecule has 1 saturated heterocycles. The highest BCUT2D eigenvalue weighted by Gasteiger charge is 2.39. The second kappa shape index (κ2) is 6.54. The second-order valence-electron chi connectivity index (χ2n) is 4.66. The number of ketones is 1. The first-order chi connectivity index (χ1) is 8.54. The molecule has 102 valence electrons. The number of hydrogen-bond acceptors (Lipinski definition) is 4. The predicted octanol–water partition coefficient (Wildman–Crippen LogP) is 1.36. The van der Waals surface area contributed by atoms with Gasteiger partial charge in [-0.25, -0.2) is 4.79 Å². The molecule has 5 heteroatoms. The molecule has 5 nitrogen and oxygen atoms in total. The number of Topliss-reactive ketones (excluding diaryl/α,β-unsaturated/α-hetero) is 1. The summed E-state index contributed by atoms with van der Waals surface area (Å²) in [5.41, 5.74) is 0. The molecule has 0 saturated carbocycles. The van der Waals surface area contributed by atoms with E-state index < -0.39 is 6.09 Å². The Bertz CT molecular complexity index is 329. The number of carbonyl (C=O) groups excluding carboxylic acids is 2. The molecule has 1 amide bonds. The van der Waals surface area contributed by atoms with Gasteiger partial charge in [-0.1, -0.05) is 6.08 Å². The van der Waals surface area contributed by atoms with Crippen LogP contribution in [0.15, 0.2) is 12.7 Å². The number of amides is 1. The van der Waals surface area contributed by atoms with Crippen molar-refractivity contribution in [2.45, 2.75) is 38.3 Å². The molecule has 0 unspecified atom stereocenters. The maximum absolute atomic E-state index is 11.8. The van der Waals surface area contributed by atoms with Crippen LogP contribution in [-0.2, 0) is 9.53 Å². The van der Waals surface area contributed by atoms with E-state index in [-0.39, 0.29) is 36.8 Å². The normalized spacial score (nSPS) is 27.7. The summed E-state index contributed by atoms with van der Waals surface area (Å²) in [6, 6.07) is -0.545. The minimum Gasteiger partial charge on any atom is -0.453 e. The van der Waals surface area contributed by atoms with Crippen LogP contribution in [-0.4, -0.2) is 47.7 Å². The zero-order valence-corrected chi connectivity index (χ0v) is 11.0. The van der Waals surface area contributed by atoms with Crippen molar-refractivity contribution in [1.82, 2.24) is 4.90 Å². The largest absolute Gasteiger partial charge is 0.453 e. The summed E-state index contributed by atoms with van der Waals surface area (Å²) in [6.45, 7) is 5.14. The number of carbonyl (C=O) groups is 2. The van der Waals surface area contributed by atoms with E-state index >= 15 is 0 Å². The summed E-state index contributed by atoms with van der Waals surface area (Å²) in [5.74, 6) is 0.0788. The van der Waals surface area contributed by atoms with Crippen molar-refractivity contribution >= 4 is 11.9 Å². The highest BCUT2D eigenvalue weighted by atomic mass is 16.5. The topological polar surface area (TPSA) is 66.8 Å². The van der Waals surface area contributed by atoms with E-state index in [0.29, 0.717) is 6.42 Å². The zero-order chi connectivity index (χ0) is 13.7. The summed E-state index contributed by atoms with van der Waals surface area (Å²) in [7, 11) is 1.30. The molecule has 18 heavy (non-hydrogen) atoms. The summed E-state index contributed by atoms with van der Waals surface area (Å²) in [6.07, 6.45) is 3.06. The lowest BCUT2D eigenvalue weighted by Crippen LogP contribution is -2.55. The number of aliphatic hydroxyl groups excluding tert-OH is 1. The Kier molecular flexibility index (Phi) is 5.34. The monoisotopic (exact) mass is 255 g/mol. The fourth-order valence-corrected chi connectivity index (χ4v) is 2.58. The maximum Gasteiger partial charge on any atom is 0.410 e. The van der Waals surface area contributed by atoms with E-state index in [9.17, 15) is 14.7 Å². The third-order valence-electron chi connectivity index (χ3n) is 3.47. The first-order valence-corrected chi connectivity index (χ1v) is 6.14. The molecule has 0 aromatic rings. The van der Waals surface area contributed by atoms with Crippen LogP contribution in [0.2, 0.25) is 0 Å². The number of rotatable bonds is 4. The Morgan fingerprint density at radius 3 is 2.61 bits per heavy atom. The van der Waals surface area contributed by atoms with Crippen LogP contribution in [0.3, 0.4) is 0 Å². The molecule has 1 heterocycles. The van der Waals surface area contributed by atoms with Gasteiger partial charge >= 0.3 is 6.09 Å². The lowest BCUT2D eigenvalue weighted by atomic mass is 9.83. The number of methoxy groups -OCH3 is 1. The number of piperidine rings is 1. The summed E-state index contributed by atoms with van der Waals surface area (Å²) >= 11 is 0. The number of hydrogen-bond donors (Lipinski definition) is 1. The number of nitrogens with zero attached hydrogens (tertiary/aromatic N) is 1. The van der Waals surface area contributed by atoms with E-state index in [2.05, 4.69) is 6.58 Å². The van der Waals surface area contributed by atoms with E-state index in [1.165, 1.54) is 18.9 Å². The highest BCUT2D eigenvalue weighted by Crippen LogP contribution is 2.31. The van der Waals surface area contributed by atoms with E-state index in [1.54, 1.807) is 6.08 Å². The first kappa shape index (κ1) is 14.7. The molecule has 0 aliphatic carbocycles. The van der Waals surface area contributed by atoms with Crippen molar-refractivity contribution in [3.8, 4) is 0 Å². The molecule has 0 radical (unpaired) electrons. The molecule has 0 bridgehead atoms. The first-order valence-electron chi connectivity index (χ1n) is 6.14. The standard InChI is InChI=1S/C13H21NO4/c1-4-10-5-6-11(8-15)14(13(17)18-3)12(10)7-9(2)16/h4,10-12,15H,1,5-8H2,2-3H3/t10-,11+,12+/m1/s1. The van der Waals surface area contributed by atoms with Crippen molar-refractivity contribution in [2.24, 2.45) is 5.92 Å². The summed E-state index contributed by atoms with van der Waals surface area (Å²) < 4.78 is 4.76. The Hall–Kier alpha value is -1.36. The highest BCUT2D eigenvalue weighted by molar-refractivity contribution is 5.77. The third-order valence-corrected chi connectivity index (χ3v) is 3.47. The Morgan fingerprint density at radius 2 is 2.17 bits per heavy atom. The molecular formula is C13H21NO4. The van der Waals surface area contributed by atoms with E-state index in [4.69, 9.17) is 4.74 Å². The molecule has 1 fully saturated rings. The maximum atomic E-state index is 11.8. The summed E-state index contributed by atoms with van der Waals surface area (Å²) in [5, 5.41) is 9.36. The molecular weight excluding hydrogens is 234 g/mol. The van der Waals surface area contributed by atoms with Gasteiger partial charge in [0.1, 0.15) is 5.78 Å². The van der Waals surface area contributed by atoms with Gasteiger partial charge in [0, 0.05) is 12.5 Å². The Balaban J connectivity index is 2.99.